The molecule has 1 aromatic heterocycles. The van der Waals surface area contributed by atoms with Crippen LogP contribution in [0.3, 0.4) is 0 Å². The number of carboxylic acids is 1. The number of aryl methyl sites for hydroxylation is 1. The molecule has 0 amide bonds. The molecule has 0 unspecified atom stereocenters. The maximum atomic E-state index is 12.5. The first kappa shape index (κ1) is 22.0. The van der Waals surface area contributed by atoms with Crippen LogP contribution in [0.25, 0.3) is 6.08 Å². The average molecular weight is 461 g/mol. The first-order chi connectivity index (χ1) is 15.8. The SMILES string of the molecule is O=C(O)c1ccc(C2=NC(=Cc3c(O)n(CCc4ccccc4)c(=S)[nH]c3=O)C=C2)cc1O. The normalized spacial score (nSPS) is 13.9. The quantitative estimate of drug-likeness (QED) is 0.415. The van der Waals surface area contributed by atoms with Crippen molar-refractivity contribution in [2.24, 2.45) is 4.99 Å². The Morgan fingerprint density at radius 3 is 2.58 bits per heavy atom. The van der Waals surface area contributed by atoms with Crippen molar-refractivity contribution in [2.75, 3.05) is 0 Å². The molecule has 0 atom stereocenters. The minimum atomic E-state index is -1.23. The van der Waals surface area contributed by atoms with Crippen molar-refractivity contribution in [1.29, 1.82) is 0 Å². The maximum Gasteiger partial charge on any atom is 0.339 e. The van der Waals surface area contributed by atoms with Crippen LogP contribution in [0.5, 0.6) is 11.6 Å². The zero-order valence-corrected chi connectivity index (χ0v) is 18.0. The van der Waals surface area contributed by atoms with E-state index < -0.39 is 11.5 Å². The highest BCUT2D eigenvalue weighted by atomic mass is 32.1. The number of aromatic nitrogens is 2. The summed E-state index contributed by atoms with van der Waals surface area (Å²) in [6, 6.07) is 13.8. The van der Waals surface area contributed by atoms with Gasteiger partial charge in [0.25, 0.3) is 5.56 Å². The number of aliphatic imine (C=N–C) groups is 1. The second kappa shape index (κ2) is 9.09. The third kappa shape index (κ3) is 4.68. The predicted octanol–water partition coefficient (Wildman–Crippen LogP) is 3.66. The summed E-state index contributed by atoms with van der Waals surface area (Å²) in [4.78, 5) is 30.5. The average Bonchev–Trinajstić information content (AvgIpc) is 3.25. The Morgan fingerprint density at radius 2 is 1.88 bits per heavy atom. The molecule has 0 fully saturated rings. The molecule has 1 aliphatic heterocycles. The van der Waals surface area contributed by atoms with Gasteiger partial charge in [-0.05, 0) is 54.6 Å². The lowest BCUT2D eigenvalue weighted by Gasteiger charge is -2.11. The third-order valence-corrected chi connectivity index (χ3v) is 5.47. The van der Waals surface area contributed by atoms with Crippen LogP contribution in [0.4, 0.5) is 0 Å². The number of benzene rings is 2. The molecule has 2 aromatic carbocycles. The van der Waals surface area contributed by atoms with Crippen LogP contribution in [0, 0.1) is 4.77 Å². The van der Waals surface area contributed by atoms with Crippen LogP contribution in [0.15, 0.2) is 76.2 Å². The van der Waals surface area contributed by atoms with Gasteiger partial charge in [0.15, 0.2) is 4.77 Å². The van der Waals surface area contributed by atoms with E-state index in [2.05, 4.69) is 9.98 Å². The number of hydrogen-bond acceptors (Lipinski definition) is 6. The monoisotopic (exact) mass is 461 g/mol. The smallest absolute Gasteiger partial charge is 0.339 e. The maximum absolute atomic E-state index is 12.5. The lowest BCUT2D eigenvalue weighted by molar-refractivity contribution is 0.0693. The van der Waals surface area contributed by atoms with Crippen LogP contribution in [0.2, 0.25) is 0 Å². The van der Waals surface area contributed by atoms with Crippen LogP contribution >= 0.6 is 12.2 Å². The predicted molar refractivity (Wildman–Crippen MR) is 126 cm³/mol. The van der Waals surface area contributed by atoms with Gasteiger partial charge in [-0.15, -0.1) is 0 Å². The van der Waals surface area contributed by atoms with Gasteiger partial charge in [-0.3, -0.25) is 14.3 Å². The van der Waals surface area contributed by atoms with Gasteiger partial charge in [0, 0.05) is 12.1 Å². The van der Waals surface area contributed by atoms with Crippen molar-refractivity contribution >= 4 is 30.0 Å². The fraction of sp³-hybridized carbons (Fsp3) is 0.0833. The molecule has 0 saturated carbocycles. The van der Waals surface area contributed by atoms with Gasteiger partial charge in [-0.2, -0.15) is 0 Å². The molecule has 0 spiro atoms. The number of phenols is 1. The van der Waals surface area contributed by atoms with Crippen LogP contribution in [-0.2, 0) is 13.0 Å². The summed E-state index contributed by atoms with van der Waals surface area (Å²) in [5, 5.41) is 29.7. The highest BCUT2D eigenvalue weighted by Crippen LogP contribution is 2.24. The van der Waals surface area contributed by atoms with Crippen molar-refractivity contribution in [3.63, 3.8) is 0 Å². The molecule has 3 aromatic rings. The van der Waals surface area contributed by atoms with E-state index in [-0.39, 0.29) is 27.5 Å². The first-order valence-corrected chi connectivity index (χ1v) is 10.4. The third-order valence-electron chi connectivity index (χ3n) is 5.15. The Morgan fingerprint density at radius 1 is 1.12 bits per heavy atom. The molecular formula is C24H19N3O5S. The van der Waals surface area contributed by atoms with Gasteiger partial charge in [0.05, 0.1) is 11.4 Å². The van der Waals surface area contributed by atoms with Gasteiger partial charge >= 0.3 is 5.97 Å². The summed E-state index contributed by atoms with van der Waals surface area (Å²) in [5.41, 5.74) is 1.72. The van der Waals surface area contributed by atoms with Crippen molar-refractivity contribution in [3.05, 3.63) is 104 Å². The van der Waals surface area contributed by atoms with Crippen LogP contribution in [0.1, 0.15) is 27.0 Å². The number of aromatic hydroxyl groups is 2. The number of carboxylic acid groups (broad SMARTS) is 1. The summed E-state index contributed by atoms with van der Waals surface area (Å²) >= 11 is 5.23. The molecule has 4 rings (SSSR count). The van der Waals surface area contributed by atoms with Crippen molar-refractivity contribution in [3.8, 4) is 11.6 Å². The van der Waals surface area contributed by atoms with E-state index in [0.29, 0.717) is 29.9 Å². The highest BCUT2D eigenvalue weighted by molar-refractivity contribution is 7.71. The van der Waals surface area contributed by atoms with Crippen molar-refractivity contribution in [1.82, 2.24) is 9.55 Å². The van der Waals surface area contributed by atoms with E-state index in [9.17, 15) is 19.8 Å². The first-order valence-electron chi connectivity index (χ1n) is 9.98. The number of aromatic amines is 1. The van der Waals surface area contributed by atoms with Gasteiger partial charge in [0.2, 0.25) is 5.88 Å². The van der Waals surface area contributed by atoms with E-state index in [1.54, 1.807) is 12.2 Å². The topological polar surface area (TPSA) is 128 Å². The molecule has 0 radical (unpaired) electrons. The molecule has 9 heteroatoms. The minimum Gasteiger partial charge on any atom is -0.507 e. The fourth-order valence-corrected chi connectivity index (χ4v) is 3.71. The lowest BCUT2D eigenvalue weighted by Crippen LogP contribution is -2.17. The molecule has 0 aliphatic carbocycles. The Bertz CT molecular complexity index is 1450. The van der Waals surface area contributed by atoms with Gasteiger partial charge in [0.1, 0.15) is 16.9 Å². The number of allylic oxidation sites excluding steroid dienone is 2. The second-order valence-electron chi connectivity index (χ2n) is 7.32. The van der Waals surface area contributed by atoms with E-state index in [0.717, 1.165) is 5.56 Å². The van der Waals surface area contributed by atoms with Gasteiger partial charge < -0.3 is 15.3 Å². The van der Waals surface area contributed by atoms with Gasteiger partial charge in [-0.1, -0.05) is 36.4 Å². The molecule has 2 heterocycles. The summed E-state index contributed by atoms with van der Waals surface area (Å²) < 4.78 is 1.58. The Labute approximate surface area is 193 Å². The molecule has 8 nitrogen and oxygen atoms in total. The van der Waals surface area contributed by atoms with E-state index in [1.165, 1.54) is 28.8 Å². The molecular weight excluding hydrogens is 442 g/mol. The summed E-state index contributed by atoms with van der Waals surface area (Å²) in [6.07, 6.45) is 5.36. The van der Waals surface area contributed by atoms with Crippen molar-refractivity contribution < 1.29 is 20.1 Å². The Kier molecular flexibility index (Phi) is 6.05. The fourth-order valence-electron chi connectivity index (χ4n) is 3.44. The lowest BCUT2D eigenvalue weighted by atomic mass is 10.1. The minimum absolute atomic E-state index is 0.0189. The van der Waals surface area contributed by atoms with Crippen LogP contribution < -0.4 is 5.56 Å². The van der Waals surface area contributed by atoms with E-state index >= 15 is 0 Å². The standard InChI is InChI=1S/C24H19N3O5S/c28-20-12-15(6-8-17(20)23(31)32)19-9-7-16(25-19)13-18-21(29)26-24(33)27(22(18)30)11-10-14-4-2-1-3-5-14/h1-9,12-13,28,30H,10-11H2,(H,31,32)(H,26,29,33). The molecule has 4 N–H and O–H groups in total. The van der Waals surface area contributed by atoms with Crippen LogP contribution in [-0.4, -0.2) is 36.6 Å². The number of nitrogens with zero attached hydrogens (tertiary/aromatic N) is 2. The molecule has 33 heavy (non-hydrogen) atoms. The van der Waals surface area contributed by atoms with Crippen molar-refractivity contribution in [2.45, 2.75) is 13.0 Å². The van der Waals surface area contributed by atoms with E-state index in [1.807, 2.05) is 30.3 Å². The summed E-state index contributed by atoms with van der Waals surface area (Å²) in [7, 11) is 0. The van der Waals surface area contributed by atoms with Gasteiger partial charge in [-0.25, -0.2) is 9.79 Å². The highest BCUT2D eigenvalue weighted by Gasteiger charge is 2.16. The number of hydrogen-bond donors (Lipinski definition) is 4. The summed E-state index contributed by atoms with van der Waals surface area (Å²) in [5.74, 6) is -1.86. The molecule has 0 bridgehead atoms. The number of aromatic carboxylic acids is 1. The number of carbonyl (C=O) groups is 1. The number of nitrogens with one attached hydrogen (secondary N) is 1. The largest absolute Gasteiger partial charge is 0.507 e. The molecule has 0 saturated heterocycles. The summed E-state index contributed by atoms with van der Waals surface area (Å²) in [6.45, 7) is 0.376. The Hall–Kier alpha value is -4.24. The zero-order valence-electron chi connectivity index (χ0n) is 17.2. The second-order valence-corrected chi connectivity index (χ2v) is 7.71. The number of H-pyrrole nitrogens is 1. The Balaban J connectivity index is 1.64. The molecule has 166 valence electrons. The molecule has 1 aliphatic rings. The van der Waals surface area contributed by atoms with E-state index in [4.69, 9.17) is 17.3 Å². The zero-order chi connectivity index (χ0) is 23.5. The number of rotatable bonds is 6.